The van der Waals surface area contributed by atoms with Crippen LogP contribution in [0.2, 0.25) is 0 Å². The van der Waals surface area contributed by atoms with Gasteiger partial charge in [0.05, 0.1) is 12.5 Å². The highest BCUT2D eigenvalue weighted by atomic mass is 32.1. The molecule has 31 heavy (non-hydrogen) atoms. The molecule has 3 aliphatic rings. The molecule has 0 unspecified atom stereocenters. The number of fused-ring (bicyclic) bond motifs is 1. The summed E-state index contributed by atoms with van der Waals surface area (Å²) in [6, 6.07) is -0.195. The molecule has 1 saturated heterocycles. The number of anilines is 1. The summed E-state index contributed by atoms with van der Waals surface area (Å²) in [4.78, 5) is 39.3. The Morgan fingerprint density at radius 1 is 1.13 bits per heavy atom. The van der Waals surface area contributed by atoms with Crippen molar-refractivity contribution >= 4 is 29.2 Å². The van der Waals surface area contributed by atoms with Gasteiger partial charge in [0, 0.05) is 29.7 Å². The average Bonchev–Trinajstić information content (AvgIpc) is 3.43. The Morgan fingerprint density at radius 3 is 2.71 bits per heavy atom. The molecule has 5 rings (SSSR count). The van der Waals surface area contributed by atoms with E-state index >= 15 is 0 Å². The van der Waals surface area contributed by atoms with Gasteiger partial charge < -0.3 is 4.90 Å². The summed E-state index contributed by atoms with van der Waals surface area (Å²) in [5, 5.41) is 5.65. The smallest absolute Gasteiger partial charge is 0.275 e. The van der Waals surface area contributed by atoms with Gasteiger partial charge in [0.25, 0.3) is 5.91 Å². The lowest BCUT2D eigenvalue weighted by molar-refractivity contribution is -0.117. The number of likely N-dealkylation sites (tertiary alicyclic amines) is 1. The molecule has 2 aromatic rings. The number of hydrogen-bond donors (Lipinski definition) is 0. The molecule has 2 aliphatic heterocycles. The third kappa shape index (κ3) is 3.95. The van der Waals surface area contributed by atoms with Gasteiger partial charge in [-0.05, 0) is 56.5 Å². The second-order valence-corrected chi connectivity index (χ2v) is 9.56. The zero-order chi connectivity index (χ0) is 21.4. The van der Waals surface area contributed by atoms with Crippen molar-refractivity contribution in [1.82, 2.24) is 24.5 Å². The maximum absolute atomic E-state index is 13.1. The number of aryl methyl sites for hydroxylation is 1. The lowest BCUT2D eigenvalue weighted by atomic mass is 9.89. The van der Waals surface area contributed by atoms with E-state index in [2.05, 4.69) is 9.59 Å². The summed E-state index contributed by atoms with van der Waals surface area (Å²) in [6.45, 7) is 3.37. The molecule has 2 aromatic heterocycles. The minimum atomic E-state index is -0.195. The SMILES string of the molecule is Cc1nc([C@@H]2CCCCN2C(=O)c2csnn2)nc2c1CC(=O)N2CC1CCCCC1. The molecule has 164 valence electrons. The van der Waals surface area contributed by atoms with E-state index in [1.807, 2.05) is 16.7 Å². The fraction of sp³-hybridized carbons (Fsp3) is 0.636. The quantitative estimate of drug-likeness (QED) is 0.723. The van der Waals surface area contributed by atoms with Crippen molar-refractivity contribution in [3.63, 3.8) is 0 Å². The Balaban J connectivity index is 1.45. The molecule has 4 heterocycles. The molecule has 9 heteroatoms. The molecule has 8 nitrogen and oxygen atoms in total. The van der Waals surface area contributed by atoms with Crippen LogP contribution in [0.1, 0.15) is 85.0 Å². The van der Waals surface area contributed by atoms with Crippen molar-refractivity contribution in [2.24, 2.45) is 5.92 Å². The Bertz CT molecular complexity index is 973. The summed E-state index contributed by atoms with van der Waals surface area (Å²) in [5.41, 5.74) is 2.18. The highest BCUT2D eigenvalue weighted by Crippen LogP contribution is 2.36. The third-order valence-corrected chi connectivity index (χ3v) is 7.41. The minimum absolute atomic E-state index is 0.115. The van der Waals surface area contributed by atoms with E-state index in [4.69, 9.17) is 9.97 Å². The number of piperidine rings is 1. The standard InChI is InChI=1S/C22H28N6O2S/c1-14-16-11-19(29)28(12-15-7-3-2-4-8-15)21(16)24-20(23-14)18-9-5-6-10-27(18)22(30)17-13-31-26-25-17/h13,15,18H,2-12H2,1H3/t18-/m0/s1. The van der Waals surface area contributed by atoms with Crippen LogP contribution in [-0.4, -0.2) is 49.4 Å². The first kappa shape index (κ1) is 20.5. The van der Waals surface area contributed by atoms with Gasteiger partial charge in [-0.3, -0.25) is 14.5 Å². The first-order valence-corrected chi connectivity index (χ1v) is 12.2. The zero-order valence-corrected chi connectivity index (χ0v) is 18.7. The molecular weight excluding hydrogens is 412 g/mol. The number of amides is 2. The zero-order valence-electron chi connectivity index (χ0n) is 17.9. The summed E-state index contributed by atoms with van der Waals surface area (Å²) in [5.74, 6) is 1.98. The van der Waals surface area contributed by atoms with E-state index in [9.17, 15) is 9.59 Å². The fourth-order valence-corrected chi connectivity index (χ4v) is 5.64. The largest absolute Gasteiger partial charge is 0.327 e. The lowest BCUT2D eigenvalue weighted by Gasteiger charge is -2.34. The van der Waals surface area contributed by atoms with E-state index in [-0.39, 0.29) is 17.9 Å². The molecule has 0 radical (unpaired) electrons. The molecule has 0 spiro atoms. The van der Waals surface area contributed by atoms with E-state index < -0.39 is 0 Å². The molecule has 1 atom stereocenters. The number of nitrogens with zero attached hydrogens (tertiary/aromatic N) is 6. The number of aromatic nitrogens is 4. The number of carbonyl (C=O) groups excluding carboxylic acids is 2. The van der Waals surface area contributed by atoms with Crippen LogP contribution in [0, 0.1) is 12.8 Å². The number of rotatable bonds is 4. The van der Waals surface area contributed by atoms with Crippen molar-refractivity contribution in [1.29, 1.82) is 0 Å². The molecule has 0 N–H and O–H groups in total. The van der Waals surface area contributed by atoms with Crippen molar-refractivity contribution in [3.8, 4) is 0 Å². The van der Waals surface area contributed by atoms with Crippen LogP contribution in [-0.2, 0) is 11.2 Å². The number of hydrogen-bond acceptors (Lipinski definition) is 7. The maximum atomic E-state index is 13.1. The van der Waals surface area contributed by atoms with E-state index in [0.29, 0.717) is 30.4 Å². The highest BCUT2D eigenvalue weighted by Gasteiger charge is 2.37. The normalized spacial score (nSPS) is 22.1. The van der Waals surface area contributed by atoms with Gasteiger partial charge in [-0.25, -0.2) is 9.97 Å². The summed E-state index contributed by atoms with van der Waals surface area (Å²) >= 11 is 1.18. The van der Waals surface area contributed by atoms with Crippen LogP contribution in [0.25, 0.3) is 0 Å². The Hall–Kier alpha value is -2.42. The lowest BCUT2D eigenvalue weighted by Crippen LogP contribution is -2.40. The minimum Gasteiger partial charge on any atom is -0.327 e. The van der Waals surface area contributed by atoms with Crippen molar-refractivity contribution in [3.05, 3.63) is 28.2 Å². The van der Waals surface area contributed by atoms with Gasteiger partial charge >= 0.3 is 0 Å². The first-order valence-electron chi connectivity index (χ1n) is 11.4. The second kappa shape index (κ2) is 8.61. The second-order valence-electron chi connectivity index (χ2n) is 8.95. The van der Waals surface area contributed by atoms with Gasteiger partial charge in [0.15, 0.2) is 11.5 Å². The van der Waals surface area contributed by atoms with Gasteiger partial charge in [-0.1, -0.05) is 23.8 Å². The number of carbonyl (C=O) groups is 2. The molecule has 0 bridgehead atoms. The Morgan fingerprint density at radius 2 is 1.94 bits per heavy atom. The summed E-state index contributed by atoms with van der Waals surface area (Å²) in [6.07, 6.45) is 9.34. The third-order valence-electron chi connectivity index (χ3n) is 6.90. The van der Waals surface area contributed by atoms with Crippen molar-refractivity contribution < 1.29 is 9.59 Å². The van der Waals surface area contributed by atoms with Gasteiger partial charge in [-0.15, -0.1) is 5.10 Å². The van der Waals surface area contributed by atoms with E-state index in [0.717, 1.165) is 42.9 Å². The average molecular weight is 441 g/mol. The van der Waals surface area contributed by atoms with Crippen LogP contribution >= 0.6 is 11.5 Å². The summed E-state index contributed by atoms with van der Waals surface area (Å²) < 4.78 is 3.84. The monoisotopic (exact) mass is 440 g/mol. The predicted octanol–water partition coefficient (Wildman–Crippen LogP) is 3.47. The van der Waals surface area contributed by atoms with Crippen molar-refractivity contribution in [2.45, 2.75) is 70.8 Å². The molecule has 1 aliphatic carbocycles. The molecule has 2 amide bonds. The molecular formula is C22H28N6O2S. The van der Waals surface area contributed by atoms with Gasteiger partial charge in [-0.2, -0.15) is 0 Å². The fourth-order valence-electron chi connectivity index (χ4n) is 5.21. The highest BCUT2D eigenvalue weighted by molar-refractivity contribution is 7.03. The molecule has 0 aromatic carbocycles. The van der Waals surface area contributed by atoms with Crippen LogP contribution in [0.4, 0.5) is 5.82 Å². The van der Waals surface area contributed by atoms with E-state index in [1.165, 1.54) is 43.6 Å². The van der Waals surface area contributed by atoms with E-state index in [1.54, 1.807) is 5.38 Å². The Labute approximate surface area is 186 Å². The van der Waals surface area contributed by atoms with Crippen LogP contribution in [0.5, 0.6) is 0 Å². The van der Waals surface area contributed by atoms with Crippen LogP contribution in [0.15, 0.2) is 5.38 Å². The van der Waals surface area contributed by atoms with Crippen LogP contribution < -0.4 is 4.90 Å². The maximum Gasteiger partial charge on any atom is 0.275 e. The topological polar surface area (TPSA) is 92.2 Å². The molecule has 1 saturated carbocycles. The van der Waals surface area contributed by atoms with Gasteiger partial charge in [0.1, 0.15) is 5.82 Å². The summed E-state index contributed by atoms with van der Waals surface area (Å²) in [7, 11) is 0. The Kier molecular flexibility index (Phi) is 5.69. The predicted molar refractivity (Wildman–Crippen MR) is 117 cm³/mol. The first-order chi connectivity index (χ1) is 15.1. The van der Waals surface area contributed by atoms with Gasteiger partial charge in [0.2, 0.25) is 5.91 Å². The van der Waals surface area contributed by atoms with Crippen LogP contribution in [0.3, 0.4) is 0 Å². The molecule has 2 fully saturated rings. The van der Waals surface area contributed by atoms with Crippen molar-refractivity contribution in [2.75, 3.05) is 18.0 Å².